The Bertz CT molecular complexity index is 430. The fourth-order valence-electron chi connectivity index (χ4n) is 3.20. The van der Waals surface area contributed by atoms with Crippen LogP contribution in [0.1, 0.15) is 25.1 Å². The minimum Gasteiger partial charge on any atom is -0.355 e. The Morgan fingerprint density at radius 2 is 2.00 bits per heavy atom. The van der Waals surface area contributed by atoms with Gasteiger partial charge in [-0.05, 0) is 49.2 Å². The van der Waals surface area contributed by atoms with Crippen molar-refractivity contribution >= 4 is 21.7 Å². The van der Waals surface area contributed by atoms with Crippen LogP contribution in [0.3, 0.4) is 0 Å². The van der Waals surface area contributed by atoms with E-state index in [0.717, 1.165) is 35.4 Å². The summed E-state index contributed by atoms with van der Waals surface area (Å²) in [5, 5.41) is 0. The van der Waals surface area contributed by atoms with Crippen molar-refractivity contribution in [2.24, 2.45) is 0 Å². The topological polar surface area (TPSA) is 32.3 Å². The highest BCUT2D eigenvalue weighted by Gasteiger charge is 2.34. The number of fused-ring (bicyclic) bond motifs is 2. The number of halogens is 1. The number of hydrogen-bond donors (Lipinski definition) is 0. The largest absolute Gasteiger partial charge is 0.355 e. The van der Waals surface area contributed by atoms with Crippen LogP contribution in [0.4, 0.5) is 5.82 Å². The van der Waals surface area contributed by atoms with Crippen LogP contribution >= 0.6 is 15.9 Å². The molecule has 0 aromatic carbocycles. The van der Waals surface area contributed by atoms with Crippen LogP contribution in [0.25, 0.3) is 0 Å². The SMILES string of the molecule is Cc1nc(Br)cc(N2CCC3CCC(C2)N3C)n1. The van der Waals surface area contributed by atoms with E-state index in [0.29, 0.717) is 6.04 Å². The molecule has 0 amide bonds. The van der Waals surface area contributed by atoms with Crippen molar-refractivity contribution in [2.45, 2.75) is 38.3 Å². The molecule has 0 aliphatic carbocycles. The predicted octanol–water partition coefficient (Wildman–Crippen LogP) is 2.22. The number of likely N-dealkylation sites (N-methyl/N-ethyl adjacent to an activating group) is 1. The number of rotatable bonds is 1. The maximum atomic E-state index is 4.57. The maximum Gasteiger partial charge on any atom is 0.133 e. The molecule has 3 rings (SSSR count). The summed E-state index contributed by atoms with van der Waals surface area (Å²) in [4.78, 5) is 13.8. The van der Waals surface area contributed by atoms with Crippen LogP contribution in [0.5, 0.6) is 0 Å². The number of nitrogens with zero attached hydrogens (tertiary/aromatic N) is 4. The van der Waals surface area contributed by atoms with Crippen molar-refractivity contribution in [2.75, 3.05) is 25.0 Å². The molecule has 2 bridgehead atoms. The molecule has 1 aromatic heterocycles. The zero-order chi connectivity index (χ0) is 12.7. The first-order valence-electron chi connectivity index (χ1n) is 6.61. The van der Waals surface area contributed by atoms with Crippen LogP contribution in [-0.4, -0.2) is 47.1 Å². The molecule has 3 heterocycles. The Hall–Kier alpha value is -0.680. The van der Waals surface area contributed by atoms with Crippen LogP contribution < -0.4 is 4.90 Å². The molecule has 2 unspecified atom stereocenters. The smallest absolute Gasteiger partial charge is 0.133 e. The first kappa shape index (κ1) is 12.4. The molecule has 2 atom stereocenters. The fraction of sp³-hybridized carbons (Fsp3) is 0.692. The van der Waals surface area contributed by atoms with Gasteiger partial charge in [-0.1, -0.05) is 0 Å². The summed E-state index contributed by atoms with van der Waals surface area (Å²) in [6.07, 6.45) is 3.93. The van der Waals surface area contributed by atoms with Gasteiger partial charge < -0.3 is 4.90 Å². The van der Waals surface area contributed by atoms with Crippen molar-refractivity contribution in [3.8, 4) is 0 Å². The Morgan fingerprint density at radius 1 is 1.22 bits per heavy atom. The highest BCUT2D eigenvalue weighted by molar-refractivity contribution is 9.10. The second kappa shape index (κ2) is 4.78. The summed E-state index contributed by atoms with van der Waals surface area (Å²) in [6, 6.07) is 3.49. The van der Waals surface area contributed by atoms with E-state index >= 15 is 0 Å². The van der Waals surface area contributed by atoms with E-state index < -0.39 is 0 Å². The Balaban J connectivity index is 1.84. The Kier molecular flexibility index (Phi) is 3.28. The highest BCUT2D eigenvalue weighted by Crippen LogP contribution is 2.30. The minimum absolute atomic E-state index is 0.687. The molecule has 0 saturated carbocycles. The molecule has 4 nitrogen and oxygen atoms in total. The van der Waals surface area contributed by atoms with Gasteiger partial charge in [-0.2, -0.15) is 0 Å². The van der Waals surface area contributed by atoms with Gasteiger partial charge >= 0.3 is 0 Å². The lowest BCUT2D eigenvalue weighted by Crippen LogP contribution is -2.37. The molecular weight excluding hydrogens is 292 g/mol. The van der Waals surface area contributed by atoms with Gasteiger partial charge in [-0.25, -0.2) is 9.97 Å². The van der Waals surface area contributed by atoms with Gasteiger partial charge in [0.2, 0.25) is 0 Å². The number of aryl methyl sites for hydroxylation is 1. The second-order valence-electron chi connectivity index (χ2n) is 5.38. The Morgan fingerprint density at radius 3 is 2.78 bits per heavy atom. The third kappa shape index (κ3) is 2.26. The molecule has 98 valence electrons. The van der Waals surface area contributed by atoms with Crippen LogP contribution in [0.15, 0.2) is 10.7 Å². The van der Waals surface area contributed by atoms with Gasteiger partial charge in [0, 0.05) is 31.2 Å². The average molecular weight is 311 g/mol. The van der Waals surface area contributed by atoms with Crippen LogP contribution in [-0.2, 0) is 0 Å². The summed E-state index contributed by atoms with van der Waals surface area (Å²) >= 11 is 3.46. The van der Waals surface area contributed by atoms with Crippen molar-refractivity contribution in [3.05, 3.63) is 16.5 Å². The molecule has 1 aromatic rings. The Labute approximate surface area is 117 Å². The van der Waals surface area contributed by atoms with Crippen molar-refractivity contribution in [3.63, 3.8) is 0 Å². The number of aromatic nitrogens is 2. The van der Waals surface area contributed by atoms with E-state index in [9.17, 15) is 0 Å². The van der Waals surface area contributed by atoms with Gasteiger partial charge in [0.15, 0.2) is 0 Å². The molecule has 0 N–H and O–H groups in total. The zero-order valence-corrected chi connectivity index (χ0v) is 12.5. The summed E-state index contributed by atoms with van der Waals surface area (Å²) in [6.45, 7) is 4.15. The standard InChI is InChI=1S/C13H19BrN4/c1-9-15-12(14)7-13(16-9)18-6-5-10-3-4-11(8-18)17(10)2/h7,10-11H,3-6,8H2,1-2H3. The van der Waals surface area contributed by atoms with Gasteiger partial charge in [-0.3, -0.25) is 4.90 Å². The van der Waals surface area contributed by atoms with E-state index in [2.05, 4.69) is 42.7 Å². The average Bonchev–Trinajstić information content (AvgIpc) is 2.51. The van der Waals surface area contributed by atoms with E-state index in [1.807, 2.05) is 13.0 Å². The van der Waals surface area contributed by atoms with E-state index in [1.165, 1.54) is 19.3 Å². The highest BCUT2D eigenvalue weighted by atomic mass is 79.9. The molecule has 2 aliphatic rings. The van der Waals surface area contributed by atoms with Crippen molar-refractivity contribution in [1.82, 2.24) is 14.9 Å². The van der Waals surface area contributed by atoms with E-state index in [-0.39, 0.29) is 0 Å². The van der Waals surface area contributed by atoms with Gasteiger partial charge in [0.05, 0.1) is 0 Å². The normalized spacial score (nSPS) is 28.5. The molecule has 2 aliphatic heterocycles. The van der Waals surface area contributed by atoms with Crippen molar-refractivity contribution < 1.29 is 0 Å². The monoisotopic (exact) mass is 310 g/mol. The molecule has 0 radical (unpaired) electrons. The predicted molar refractivity (Wildman–Crippen MR) is 75.9 cm³/mol. The van der Waals surface area contributed by atoms with Gasteiger partial charge in [0.25, 0.3) is 0 Å². The number of hydrogen-bond acceptors (Lipinski definition) is 4. The summed E-state index contributed by atoms with van der Waals surface area (Å²) in [5.74, 6) is 1.90. The third-order valence-electron chi connectivity index (χ3n) is 4.27. The summed E-state index contributed by atoms with van der Waals surface area (Å²) < 4.78 is 0.882. The molecule has 5 heteroatoms. The lowest BCUT2D eigenvalue weighted by Gasteiger charge is -2.26. The van der Waals surface area contributed by atoms with Crippen molar-refractivity contribution in [1.29, 1.82) is 0 Å². The molecular formula is C13H19BrN4. The van der Waals surface area contributed by atoms with E-state index in [1.54, 1.807) is 0 Å². The third-order valence-corrected chi connectivity index (χ3v) is 4.67. The molecule has 0 spiro atoms. The van der Waals surface area contributed by atoms with Crippen LogP contribution in [0.2, 0.25) is 0 Å². The minimum atomic E-state index is 0.687. The molecule has 18 heavy (non-hydrogen) atoms. The first-order valence-corrected chi connectivity index (χ1v) is 7.41. The molecule has 2 fully saturated rings. The van der Waals surface area contributed by atoms with Gasteiger partial charge in [0.1, 0.15) is 16.2 Å². The fourth-order valence-corrected chi connectivity index (χ4v) is 3.66. The summed E-state index contributed by atoms with van der Waals surface area (Å²) in [5.41, 5.74) is 0. The quantitative estimate of drug-likeness (QED) is 0.745. The molecule has 2 saturated heterocycles. The number of anilines is 1. The van der Waals surface area contributed by atoms with E-state index in [4.69, 9.17) is 0 Å². The van der Waals surface area contributed by atoms with Crippen LogP contribution in [0, 0.1) is 6.92 Å². The van der Waals surface area contributed by atoms with Gasteiger partial charge in [-0.15, -0.1) is 0 Å². The second-order valence-corrected chi connectivity index (χ2v) is 6.19. The summed E-state index contributed by atoms with van der Waals surface area (Å²) in [7, 11) is 2.27. The lowest BCUT2D eigenvalue weighted by molar-refractivity contribution is 0.254. The lowest BCUT2D eigenvalue weighted by atomic mass is 10.1. The zero-order valence-electron chi connectivity index (χ0n) is 10.9. The first-order chi connectivity index (χ1) is 8.63. The maximum absolute atomic E-state index is 4.57.